The second-order valence-electron chi connectivity index (χ2n) is 8.36. The number of allylic oxidation sites excluding steroid dienone is 2. The zero-order chi connectivity index (χ0) is 26.9. The predicted octanol–water partition coefficient (Wildman–Crippen LogP) is 3.49. The maximum absolute atomic E-state index is 12.3. The van der Waals surface area contributed by atoms with Crippen LogP contribution in [0.5, 0.6) is 0 Å². The summed E-state index contributed by atoms with van der Waals surface area (Å²) in [6, 6.07) is 8.01. The third-order valence-electron chi connectivity index (χ3n) is 5.65. The monoisotopic (exact) mass is 560 g/mol. The summed E-state index contributed by atoms with van der Waals surface area (Å²) in [7, 11) is 0. The van der Waals surface area contributed by atoms with Crippen molar-refractivity contribution in [1.82, 2.24) is 15.5 Å². The highest BCUT2D eigenvalue weighted by atomic mass is 79.9. The summed E-state index contributed by atoms with van der Waals surface area (Å²) in [5.74, 6) is -2.90. The van der Waals surface area contributed by atoms with Gasteiger partial charge in [0.05, 0.1) is 6.54 Å². The Bertz CT molecular complexity index is 1070. The van der Waals surface area contributed by atoms with Crippen LogP contribution in [0.1, 0.15) is 44.6 Å². The summed E-state index contributed by atoms with van der Waals surface area (Å²) in [5.41, 5.74) is -0.456. The maximum Gasteiger partial charge on any atom is 0.328 e. The molecule has 2 aliphatic rings. The molecule has 1 aromatic carbocycles. The number of amidine groups is 1. The summed E-state index contributed by atoms with van der Waals surface area (Å²) in [4.78, 5) is 63.3. The number of nitrogens with one attached hydrogen (secondary N) is 2. The van der Waals surface area contributed by atoms with Gasteiger partial charge < -0.3 is 5.11 Å². The number of carbonyl (C=O) groups is 5. The van der Waals surface area contributed by atoms with Gasteiger partial charge >= 0.3 is 6.03 Å². The third-order valence-corrected chi connectivity index (χ3v) is 5.93. The van der Waals surface area contributed by atoms with Crippen molar-refractivity contribution in [1.29, 1.82) is 0 Å². The molecule has 10 nitrogen and oxygen atoms in total. The van der Waals surface area contributed by atoms with Gasteiger partial charge in [-0.25, -0.2) is 4.79 Å². The molecule has 2 aliphatic heterocycles. The summed E-state index contributed by atoms with van der Waals surface area (Å²) >= 11 is 3.11. The Hall–Kier alpha value is -3.60. The molecular weight excluding hydrogens is 532 g/mol. The Kier molecular flexibility index (Phi) is 10.3. The number of hydrogen-bond acceptors (Lipinski definition) is 5. The van der Waals surface area contributed by atoms with Crippen LogP contribution >= 0.6 is 15.9 Å². The van der Waals surface area contributed by atoms with Crippen LogP contribution < -0.4 is 10.6 Å². The molecule has 11 heteroatoms. The van der Waals surface area contributed by atoms with Crippen LogP contribution in [0.3, 0.4) is 0 Å². The smallest absolute Gasteiger partial charge is 0.328 e. The topological polar surface area (TPSA) is 145 Å². The molecule has 0 bridgehead atoms. The third kappa shape index (κ3) is 6.97. The molecule has 192 valence electrons. The van der Waals surface area contributed by atoms with E-state index in [0.717, 1.165) is 18.4 Å². The highest BCUT2D eigenvalue weighted by molar-refractivity contribution is 9.11. The van der Waals surface area contributed by atoms with E-state index in [1.165, 1.54) is 11.0 Å². The number of barbiturate groups is 1. The SMILES string of the molecule is C=CCC1(CC(=C)Br)C(=O)NC(=O)NC1=O.CCCCC1C(=O)N=C(O)N(Cc2ccccc2)C1=O. The first-order chi connectivity index (χ1) is 17.0. The number of amides is 6. The number of halogens is 1. The Labute approximate surface area is 217 Å². The van der Waals surface area contributed by atoms with E-state index in [0.29, 0.717) is 10.9 Å². The molecule has 1 fully saturated rings. The molecule has 3 rings (SSSR count). The lowest BCUT2D eigenvalue weighted by molar-refractivity contribution is -0.144. The van der Waals surface area contributed by atoms with Gasteiger partial charge in [0, 0.05) is 6.42 Å². The largest absolute Gasteiger partial charge is 0.480 e. The first kappa shape index (κ1) is 28.6. The highest BCUT2D eigenvalue weighted by Crippen LogP contribution is 2.34. The number of imide groups is 2. The second kappa shape index (κ2) is 12.9. The van der Waals surface area contributed by atoms with Gasteiger partial charge in [0.15, 0.2) is 0 Å². The fourth-order valence-corrected chi connectivity index (χ4v) is 4.25. The van der Waals surface area contributed by atoms with Crippen LogP contribution in [0.15, 0.2) is 59.0 Å². The van der Waals surface area contributed by atoms with Crippen molar-refractivity contribution in [3.8, 4) is 0 Å². The Balaban J connectivity index is 0.000000261. The lowest BCUT2D eigenvalue weighted by Crippen LogP contribution is -2.62. The average molecular weight is 561 g/mol. The van der Waals surface area contributed by atoms with Crippen LogP contribution in [0, 0.1) is 11.3 Å². The number of aliphatic hydroxyl groups excluding tert-OH is 1. The Morgan fingerprint density at radius 1 is 1.17 bits per heavy atom. The van der Waals surface area contributed by atoms with Gasteiger partial charge in [0.2, 0.25) is 17.7 Å². The average Bonchev–Trinajstić information content (AvgIpc) is 2.81. The van der Waals surface area contributed by atoms with Crippen molar-refractivity contribution in [3.05, 3.63) is 59.6 Å². The normalized spacial score (nSPS) is 18.9. The number of unbranched alkanes of at least 4 members (excludes halogenated alkanes) is 1. The molecule has 1 atom stereocenters. The Morgan fingerprint density at radius 3 is 2.31 bits per heavy atom. The van der Waals surface area contributed by atoms with Crippen LogP contribution in [0.2, 0.25) is 0 Å². The summed E-state index contributed by atoms with van der Waals surface area (Å²) in [5, 5.41) is 13.9. The van der Waals surface area contributed by atoms with Crippen molar-refractivity contribution >= 4 is 51.6 Å². The van der Waals surface area contributed by atoms with E-state index in [9.17, 15) is 29.1 Å². The molecule has 36 heavy (non-hydrogen) atoms. The molecule has 1 aromatic rings. The lowest BCUT2D eigenvalue weighted by Gasteiger charge is -2.32. The van der Waals surface area contributed by atoms with Gasteiger partial charge in [-0.15, -0.1) is 6.58 Å². The molecule has 0 radical (unpaired) electrons. The number of carbonyl (C=O) groups excluding carboxylic acids is 5. The van der Waals surface area contributed by atoms with E-state index < -0.39 is 41.1 Å². The minimum absolute atomic E-state index is 0.115. The number of urea groups is 1. The molecule has 6 amide bonds. The fraction of sp³-hybridized carbons (Fsp3) is 0.360. The summed E-state index contributed by atoms with van der Waals surface area (Å²) in [6.45, 7) is 9.33. The van der Waals surface area contributed by atoms with Crippen molar-refractivity contribution < 1.29 is 29.1 Å². The number of hydrogen-bond donors (Lipinski definition) is 3. The van der Waals surface area contributed by atoms with Gasteiger partial charge in [-0.05, 0) is 22.9 Å². The first-order valence-electron chi connectivity index (χ1n) is 11.3. The standard InChI is InChI=1S/C15H18N2O3.C10H11BrN2O3/c1-2-3-9-12-13(18)16-15(20)17(14(12)19)10-11-7-5-4-6-8-11;1-3-4-10(5-6(2)11)7(14)12-9(16)13-8(10)15/h4-8,12H,2-3,9-10H2,1H3,(H,16,18,20);3H,1-2,4-5H2,(H2,12,13,14,15,16). The van der Waals surface area contributed by atoms with E-state index >= 15 is 0 Å². The van der Waals surface area contributed by atoms with E-state index in [-0.39, 0.29) is 25.3 Å². The molecule has 1 unspecified atom stereocenters. The van der Waals surface area contributed by atoms with Crippen LogP contribution in [0.4, 0.5) is 4.79 Å². The minimum Gasteiger partial charge on any atom is -0.480 e. The summed E-state index contributed by atoms with van der Waals surface area (Å²) < 4.78 is 0.508. The van der Waals surface area contributed by atoms with Gasteiger partial charge in [0.1, 0.15) is 11.3 Å². The van der Waals surface area contributed by atoms with Crippen molar-refractivity contribution in [3.63, 3.8) is 0 Å². The van der Waals surface area contributed by atoms with Crippen LogP contribution in [-0.2, 0) is 25.7 Å². The number of aliphatic hydroxyl groups is 1. The predicted molar refractivity (Wildman–Crippen MR) is 137 cm³/mol. The van der Waals surface area contributed by atoms with E-state index in [2.05, 4.69) is 44.7 Å². The lowest BCUT2D eigenvalue weighted by atomic mass is 9.78. The molecule has 2 heterocycles. The van der Waals surface area contributed by atoms with E-state index in [1.54, 1.807) is 0 Å². The fourth-order valence-electron chi connectivity index (χ4n) is 3.77. The van der Waals surface area contributed by atoms with Crippen molar-refractivity contribution in [2.45, 2.75) is 45.6 Å². The molecule has 0 spiro atoms. The molecule has 1 saturated heterocycles. The van der Waals surface area contributed by atoms with Gasteiger partial charge in [-0.1, -0.05) is 78.7 Å². The van der Waals surface area contributed by atoms with Crippen molar-refractivity contribution in [2.75, 3.05) is 0 Å². The number of aliphatic imine (C=N–C) groups is 1. The zero-order valence-electron chi connectivity index (χ0n) is 20.0. The first-order valence-corrected chi connectivity index (χ1v) is 12.1. The van der Waals surface area contributed by atoms with Gasteiger partial charge in [-0.2, -0.15) is 4.99 Å². The zero-order valence-corrected chi connectivity index (χ0v) is 21.5. The summed E-state index contributed by atoms with van der Waals surface area (Å²) in [6.07, 6.45) is 3.90. The maximum atomic E-state index is 12.3. The molecule has 3 N–H and O–H groups in total. The molecule has 0 aliphatic carbocycles. The quantitative estimate of drug-likeness (QED) is 0.311. The van der Waals surface area contributed by atoms with Crippen LogP contribution in [-0.4, -0.2) is 45.7 Å². The molecular formula is C25H29BrN4O6. The second-order valence-corrected chi connectivity index (χ2v) is 9.48. The van der Waals surface area contributed by atoms with Crippen LogP contribution in [0.25, 0.3) is 0 Å². The number of rotatable bonds is 9. The number of nitrogens with zero attached hydrogens (tertiary/aromatic N) is 2. The van der Waals surface area contributed by atoms with Crippen molar-refractivity contribution in [2.24, 2.45) is 16.3 Å². The van der Waals surface area contributed by atoms with Gasteiger partial charge in [0.25, 0.3) is 11.9 Å². The van der Waals surface area contributed by atoms with E-state index in [1.807, 2.05) is 37.3 Å². The highest BCUT2D eigenvalue weighted by Gasteiger charge is 2.49. The molecule has 0 saturated carbocycles. The minimum atomic E-state index is -1.34. The Morgan fingerprint density at radius 2 is 1.78 bits per heavy atom. The molecule has 0 aromatic heterocycles. The van der Waals surface area contributed by atoms with E-state index in [4.69, 9.17) is 0 Å². The number of benzene rings is 1. The van der Waals surface area contributed by atoms with Gasteiger partial charge in [-0.3, -0.25) is 34.7 Å².